The number of hydrogen-bond donors (Lipinski definition) is 0. The van der Waals surface area contributed by atoms with Crippen molar-refractivity contribution in [1.29, 1.82) is 0 Å². The van der Waals surface area contributed by atoms with Gasteiger partial charge in [0.05, 0.1) is 0 Å². The molecule has 0 saturated heterocycles. The quantitative estimate of drug-likeness (QED) is 0.435. The first-order valence-electron chi connectivity index (χ1n) is 2.93. The van der Waals surface area contributed by atoms with Crippen LogP contribution in [0.3, 0.4) is 0 Å². The molecule has 0 aromatic rings. The Hall–Kier alpha value is -0.910. The lowest BCUT2D eigenvalue weighted by molar-refractivity contribution is -0.129. The molecule has 0 rings (SSSR count). The molecule has 0 aliphatic heterocycles. The van der Waals surface area contributed by atoms with E-state index in [-0.39, 0.29) is 6.42 Å². The van der Waals surface area contributed by atoms with Crippen molar-refractivity contribution in [3.63, 3.8) is 0 Å². The molecule has 0 spiro atoms. The number of terminal acetylenes is 1. The van der Waals surface area contributed by atoms with Gasteiger partial charge in [0, 0.05) is 12.8 Å². The Labute approximate surface area is 58.4 Å². The van der Waals surface area contributed by atoms with Gasteiger partial charge in [-0.25, -0.2) is 8.78 Å². The van der Waals surface area contributed by atoms with Gasteiger partial charge in [-0.1, -0.05) is 0 Å². The zero-order valence-electron chi connectivity index (χ0n) is 5.44. The molecule has 0 aliphatic rings. The normalized spacial score (nSPS) is 9.40. The van der Waals surface area contributed by atoms with Crippen molar-refractivity contribution >= 4 is 5.78 Å². The van der Waals surface area contributed by atoms with Crippen LogP contribution in [0.1, 0.15) is 19.3 Å². The Morgan fingerprint density at radius 1 is 1.60 bits per heavy atom. The molecule has 0 N–H and O–H groups in total. The fraction of sp³-hybridized carbons (Fsp3) is 0.571. The second-order valence-electron chi connectivity index (χ2n) is 1.82. The summed E-state index contributed by atoms with van der Waals surface area (Å²) in [4.78, 5) is 10.2. The zero-order chi connectivity index (χ0) is 7.98. The van der Waals surface area contributed by atoms with Gasteiger partial charge in [-0.05, 0) is 6.42 Å². The van der Waals surface area contributed by atoms with Gasteiger partial charge in [0.15, 0.2) is 5.78 Å². The molecule has 0 atom stereocenters. The average molecular weight is 146 g/mol. The molecule has 0 aliphatic carbocycles. The highest BCUT2D eigenvalue weighted by Crippen LogP contribution is 2.02. The first-order valence-corrected chi connectivity index (χ1v) is 2.93. The molecule has 56 valence electrons. The molecule has 0 saturated carbocycles. The fourth-order valence-electron chi connectivity index (χ4n) is 0.474. The standard InChI is InChI=1S/C7H8F2O/c1-2-3-4-5-6(10)7(8)9/h1,7H,3-5H2. The third kappa shape index (κ3) is 4.02. The number of carbonyl (C=O) groups excluding carboxylic acids is 1. The second kappa shape index (κ2) is 4.92. The predicted molar refractivity (Wildman–Crippen MR) is 33.7 cm³/mol. The van der Waals surface area contributed by atoms with Crippen LogP contribution in [0.15, 0.2) is 0 Å². The SMILES string of the molecule is C#CCCCC(=O)C(F)F. The van der Waals surface area contributed by atoms with E-state index in [4.69, 9.17) is 6.42 Å². The van der Waals surface area contributed by atoms with Crippen LogP contribution in [0, 0.1) is 12.3 Å². The number of halogens is 2. The maximum atomic E-state index is 11.5. The van der Waals surface area contributed by atoms with E-state index in [9.17, 15) is 13.6 Å². The summed E-state index contributed by atoms with van der Waals surface area (Å²) in [6.07, 6.45) is 2.65. The summed E-state index contributed by atoms with van der Waals surface area (Å²) in [6.45, 7) is 0. The van der Waals surface area contributed by atoms with E-state index in [0.29, 0.717) is 12.8 Å². The van der Waals surface area contributed by atoms with Crippen molar-refractivity contribution < 1.29 is 13.6 Å². The van der Waals surface area contributed by atoms with Gasteiger partial charge in [-0.2, -0.15) is 0 Å². The third-order valence-corrected chi connectivity index (χ3v) is 0.988. The maximum Gasteiger partial charge on any atom is 0.295 e. The maximum absolute atomic E-state index is 11.5. The third-order valence-electron chi connectivity index (χ3n) is 0.988. The number of ketones is 1. The Balaban J connectivity index is 3.33. The fourth-order valence-corrected chi connectivity index (χ4v) is 0.474. The van der Waals surface area contributed by atoms with Crippen LogP contribution in [0.4, 0.5) is 8.78 Å². The number of Topliss-reactive ketones (excluding diaryl/α,β-unsaturated/α-hetero) is 1. The highest BCUT2D eigenvalue weighted by atomic mass is 19.3. The lowest BCUT2D eigenvalue weighted by atomic mass is 10.2. The molecule has 0 aromatic carbocycles. The minimum atomic E-state index is -2.84. The van der Waals surface area contributed by atoms with Gasteiger partial charge in [-0.15, -0.1) is 12.3 Å². The van der Waals surface area contributed by atoms with Crippen molar-refractivity contribution in [3.8, 4) is 12.3 Å². The molecule has 0 fully saturated rings. The van der Waals surface area contributed by atoms with E-state index in [1.165, 1.54) is 0 Å². The number of alkyl halides is 2. The number of unbranched alkanes of at least 4 members (excludes halogenated alkanes) is 1. The Bertz CT molecular complexity index is 146. The van der Waals surface area contributed by atoms with Crippen LogP contribution in [0.2, 0.25) is 0 Å². The number of hydrogen-bond acceptors (Lipinski definition) is 1. The molecule has 0 amide bonds. The lowest BCUT2D eigenvalue weighted by Gasteiger charge is -1.94. The van der Waals surface area contributed by atoms with Crippen LogP contribution < -0.4 is 0 Å². The topological polar surface area (TPSA) is 17.1 Å². The molecule has 3 heteroatoms. The van der Waals surface area contributed by atoms with Gasteiger partial charge >= 0.3 is 0 Å². The Kier molecular flexibility index (Phi) is 4.47. The van der Waals surface area contributed by atoms with Crippen LogP contribution in [-0.4, -0.2) is 12.2 Å². The minimum Gasteiger partial charge on any atom is -0.293 e. The van der Waals surface area contributed by atoms with Gasteiger partial charge in [0.2, 0.25) is 0 Å². The number of rotatable bonds is 4. The smallest absolute Gasteiger partial charge is 0.293 e. The average Bonchev–Trinajstić information content (AvgIpc) is 1.88. The summed E-state index contributed by atoms with van der Waals surface area (Å²) in [5.74, 6) is 1.25. The van der Waals surface area contributed by atoms with Crippen LogP contribution in [-0.2, 0) is 4.79 Å². The van der Waals surface area contributed by atoms with E-state index in [0.717, 1.165) is 0 Å². The Morgan fingerprint density at radius 2 is 2.20 bits per heavy atom. The first kappa shape index (κ1) is 9.09. The van der Waals surface area contributed by atoms with E-state index in [1.54, 1.807) is 0 Å². The second-order valence-corrected chi connectivity index (χ2v) is 1.82. The monoisotopic (exact) mass is 146 g/mol. The molecular formula is C7H8F2O. The molecule has 0 bridgehead atoms. The zero-order valence-corrected chi connectivity index (χ0v) is 5.44. The minimum absolute atomic E-state index is 0.109. The Morgan fingerprint density at radius 3 is 2.60 bits per heavy atom. The summed E-state index contributed by atoms with van der Waals surface area (Å²) >= 11 is 0. The van der Waals surface area contributed by atoms with Crippen LogP contribution in [0.5, 0.6) is 0 Å². The van der Waals surface area contributed by atoms with Crippen molar-refractivity contribution in [2.24, 2.45) is 0 Å². The van der Waals surface area contributed by atoms with Crippen LogP contribution >= 0.6 is 0 Å². The van der Waals surface area contributed by atoms with Crippen molar-refractivity contribution in [2.75, 3.05) is 0 Å². The highest BCUT2D eigenvalue weighted by molar-refractivity contribution is 5.81. The first-order chi connectivity index (χ1) is 4.68. The summed E-state index contributed by atoms with van der Waals surface area (Å²) in [7, 11) is 0. The molecule has 0 unspecified atom stereocenters. The summed E-state index contributed by atoms with van der Waals surface area (Å²) in [5.41, 5.74) is 0. The van der Waals surface area contributed by atoms with Gasteiger partial charge in [0.1, 0.15) is 0 Å². The van der Waals surface area contributed by atoms with Gasteiger partial charge in [-0.3, -0.25) is 4.79 Å². The largest absolute Gasteiger partial charge is 0.295 e. The molecular weight excluding hydrogens is 138 g/mol. The van der Waals surface area contributed by atoms with E-state index >= 15 is 0 Å². The predicted octanol–water partition coefficient (Wildman–Crippen LogP) is 1.62. The molecule has 0 aromatic heterocycles. The van der Waals surface area contributed by atoms with Crippen molar-refractivity contribution in [3.05, 3.63) is 0 Å². The van der Waals surface area contributed by atoms with Crippen LogP contribution in [0.25, 0.3) is 0 Å². The van der Waals surface area contributed by atoms with Crippen molar-refractivity contribution in [1.82, 2.24) is 0 Å². The summed E-state index contributed by atoms with van der Waals surface area (Å²) in [5, 5.41) is 0. The van der Waals surface area contributed by atoms with E-state index in [2.05, 4.69) is 5.92 Å². The lowest BCUT2D eigenvalue weighted by Crippen LogP contribution is -2.08. The van der Waals surface area contributed by atoms with E-state index < -0.39 is 12.2 Å². The van der Waals surface area contributed by atoms with Gasteiger partial charge in [0.25, 0.3) is 6.43 Å². The number of carbonyl (C=O) groups is 1. The molecule has 10 heavy (non-hydrogen) atoms. The highest BCUT2D eigenvalue weighted by Gasteiger charge is 2.13. The van der Waals surface area contributed by atoms with E-state index in [1.807, 2.05) is 0 Å². The van der Waals surface area contributed by atoms with Gasteiger partial charge < -0.3 is 0 Å². The summed E-state index contributed by atoms with van der Waals surface area (Å²) < 4.78 is 22.9. The molecule has 0 radical (unpaired) electrons. The summed E-state index contributed by atoms with van der Waals surface area (Å²) in [6, 6.07) is 0. The molecule has 0 heterocycles. The van der Waals surface area contributed by atoms with Crippen molar-refractivity contribution in [2.45, 2.75) is 25.7 Å². The molecule has 1 nitrogen and oxygen atoms in total.